The molecule has 5 amide bonds. The molecule has 43 heavy (non-hydrogen) atoms. The molecule has 2 N–H and O–H groups in total. The van der Waals surface area contributed by atoms with Crippen molar-refractivity contribution in [2.45, 2.75) is 111 Å². The minimum Gasteiger partial charge on any atom is -0.452 e. The van der Waals surface area contributed by atoms with E-state index in [1.807, 2.05) is 48.5 Å². The van der Waals surface area contributed by atoms with Gasteiger partial charge in [0.2, 0.25) is 23.6 Å². The van der Waals surface area contributed by atoms with Crippen LogP contribution in [0.5, 0.6) is 0 Å². The highest BCUT2D eigenvalue weighted by Crippen LogP contribution is 2.28. The van der Waals surface area contributed by atoms with Gasteiger partial charge in [-0.1, -0.05) is 54.9 Å². The Labute approximate surface area is 256 Å². The predicted molar refractivity (Wildman–Crippen MR) is 161 cm³/mol. The van der Waals surface area contributed by atoms with E-state index in [0.29, 0.717) is 25.8 Å². The topological polar surface area (TPSA) is 145 Å². The van der Waals surface area contributed by atoms with Crippen molar-refractivity contribution in [1.29, 1.82) is 0 Å². The van der Waals surface area contributed by atoms with Crippen molar-refractivity contribution >= 4 is 35.5 Å². The molecule has 2 fully saturated rings. The van der Waals surface area contributed by atoms with Gasteiger partial charge in [0.1, 0.15) is 24.2 Å². The highest BCUT2D eigenvalue weighted by atomic mass is 16.5. The molecule has 0 aromatic heterocycles. The molecule has 244 valence electrons. The van der Waals surface area contributed by atoms with Crippen LogP contribution in [-0.2, 0) is 33.5 Å². The second-order valence-corrected chi connectivity index (χ2v) is 12.8. The van der Waals surface area contributed by atoms with E-state index in [1.165, 1.54) is 21.7 Å². The molecular formula is C31H53N5O7. The average molecular weight is 608 g/mol. The number of rotatable bonds is 5. The minimum atomic E-state index is -1.09. The summed E-state index contributed by atoms with van der Waals surface area (Å²) in [7, 11) is 3.05. The Kier molecular flexibility index (Phi) is 13.0. The first kappa shape index (κ1) is 36.0. The Hall–Kier alpha value is -3.18. The van der Waals surface area contributed by atoms with Gasteiger partial charge in [0.25, 0.3) is 5.91 Å². The number of likely N-dealkylation sites (N-methyl/N-ethyl adjacent to an activating group) is 2. The smallest absolute Gasteiger partial charge is 0.308 e. The predicted octanol–water partition coefficient (Wildman–Crippen LogP) is 1.56. The Bertz CT molecular complexity index is 1050. The lowest BCUT2D eigenvalue weighted by atomic mass is 9.94. The molecule has 8 unspecified atom stereocenters. The van der Waals surface area contributed by atoms with E-state index in [4.69, 9.17) is 4.74 Å². The van der Waals surface area contributed by atoms with Crippen molar-refractivity contribution in [3.05, 3.63) is 0 Å². The number of carbonyl (C=O) groups is 6. The Balaban J connectivity index is 2.59. The second kappa shape index (κ2) is 15.5. The third kappa shape index (κ3) is 8.47. The molecule has 0 aromatic carbocycles. The largest absolute Gasteiger partial charge is 0.452 e. The van der Waals surface area contributed by atoms with Crippen molar-refractivity contribution in [2.75, 3.05) is 27.2 Å². The van der Waals surface area contributed by atoms with Crippen LogP contribution in [0.2, 0.25) is 0 Å². The van der Waals surface area contributed by atoms with E-state index in [1.54, 1.807) is 14.0 Å². The summed E-state index contributed by atoms with van der Waals surface area (Å²) in [5.41, 5.74) is 0. The van der Waals surface area contributed by atoms with E-state index < -0.39 is 65.8 Å². The lowest BCUT2D eigenvalue weighted by Gasteiger charge is -2.38. The van der Waals surface area contributed by atoms with E-state index >= 15 is 0 Å². The van der Waals surface area contributed by atoms with Gasteiger partial charge in [-0.15, -0.1) is 0 Å². The summed E-state index contributed by atoms with van der Waals surface area (Å²) in [6.45, 7) is 14.9. The minimum absolute atomic E-state index is 0.0157. The maximum absolute atomic E-state index is 14.0. The maximum Gasteiger partial charge on any atom is 0.308 e. The van der Waals surface area contributed by atoms with Gasteiger partial charge < -0.3 is 30.1 Å². The van der Waals surface area contributed by atoms with Gasteiger partial charge in [-0.05, 0) is 37.5 Å². The van der Waals surface area contributed by atoms with Gasteiger partial charge in [-0.2, -0.15) is 0 Å². The van der Waals surface area contributed by atoms with E-state index in [2.05, 4.69) is 10.6 Å². The van der Waals surface area contributed by atoms with Crippen molar-refractivity contribution in [2.24, 2.45) is 23.7 Å². The van der Waals surface area contributed by atoms with Gasteiger partial charge in [0.05, 0.1) is 6.42 Å². The number of nitrogens with one attached hydrogen (secondary N) is 2. The zero-order valence-electron chi connectivity index (χ0n) is 27.6. The number of hydrogen-bond donors (Lipinski definition) is 2. The molecule has 12 heteroatoms. The van der Waals surface area contributed by atoms with Crippen LogP contribution in [0.25, 0.3) is 0 Å². The first-order valence-corrected chi connectivity index (χ1v) is 15.7. The van der Waals surface area contributed by atoms with Crippen LogP contribution in [0.15, 0.2) is 0 Å². The monoisotopic (exact) mass is 607 g/mol. The van der Waals surface area contributed by atoms with Crippen LogP contribution in [0, 0.1) is 23.7 Å². The molecule has 0 saturated carbocycles. The lowest BCUT2D eigenvalue weighted by molar-refractivity contribution is -0.165. The maximum atomic E-state index is 14.0. The van der Waals surface area contributed by atoms with Crippen molar-refractivity contribution in [3.63, 3.8) is 0 Å². The number of cyclic esters (lactones) is 1. The molecule has 2 aliphatic heterocycles. The van der Waals surface area contributed by atoms with Crippen LogP contribution in [0.3, 0.4) is 0 Å². The van der Waals surface area contributed by atoms with Crippen LogP contribution < -0.4 is 10.6 Å². The summed E-state index contributed by atoms with van der Waals surface area (Å²) in [6.07, 6.45) is 0.282. The number of esters is 1. The number of carbonyl (C=O) groups excluding carboxylic acids is 6. The van der Waals surface area contributed by atoms with Gasteiger partial charge in [-0.3, -0.25) is 28.8 Å². The summed E-state index contributed by atoms with van der Waals surface area (Å²) in [5.74, 6) is -3.71. The summed E-state index contributed by atoms with van der Waals surface area (Å²) in [5, 5.41) is 5.60. The fraction of sp³-hybridized carbons (Fsp3) is 0.806. The molecule has 12 nitrogen and oxygen atoms in total. The number of hydrogen-bond acceptors (Lipinski definition) is 7. The fourth-order valence-electron chi connectivity index (χ4n) is 5.72. The van der Waals surface area contributed by atoms with E-state index in [9.17, 15) is 28.8 Å². The average Bonchev–Trinajstić information content (AvgIpc) is 3.37. The molecule has 2 rings (SSSR count). The zero-order chi connectivity index (χ0) is 32.8. The van der Waals surface area contributed by atoms with E-state index in [-0.39, 0.29) is 36.6 Å². The quantitative estimate of drug-likeness (QED) is 0.451. The van der Waals surface area contributed by atoms with Crippen LogP contribution in [0.1, 0.15) is 81.1 Å². The zero-order valence-corrected chi connectivity index (χ0v) is 27.6. The first-order chi connectivity index (χ1) is 20.1. The number of ether oxygens (including phenoxy) is 1. The molecule has 0 aliphatic carbocycles. The Morgan fingerprint density at radius 2 is 1.44 bits per heavy atom. The third-order valence-electron chi connectivity index (χ3n) is 9.12. The molecule has 8 atom stereocenters. The highest BCUT2D eigenvalue weighted by Gasteiger charge is 2.45. The van der Waals surface area contributed by atoms with Crippen molar-refractivity contribution in [1.82, 2.24) is 25.3 Å². The van der Waals surface area contributed by atoms with Gasteiger partial charge in [-0.25, -0.2) is 0 Å². The lowest BCUT2D eigenvalue weighted by Crippen LogP contribution is -2.61. The Morgan fingerprint density at radius 1 is 0.837 bits per heavy atom. The Morgan fingerprint density at radius 3 is 2.00 bits per heavy atom. The molecular weight excluding hydrogens is 554 g/mol. The summed E-state index contributed by atoms with van der Waals surface area (Å²) >= 11 is 0. The molecule has 2 heterocycles. The number of fused-ring (bicyclic) bond motifs is 1. The molecule has 0 aromatic rings. The normalized spacial score (nSPS) is 30.6. The van der Waals surface area contributed by atoms with Gasteiger partial charge >= 0.3 is 5.97 Å². The van der Waals surface area contributed by atoms with Gasteiger partial charge in [0, 0.05) is 33.1 Å². The van der Waals surface area contributed by atoms with E-state index in [0.717, 1.165) is 0 Å². The molecule has 0 spiro atoms. The van der Waals surface area contributed by atoms with Crippen molar-refractivity contribution < 1.29 is 33.5 Å². The second-order valence-electron chi connectivity index (χ2n) is 12.8. The highest BCUT2D eigenvalue weighted by molar-refractivity contribution is 5.96. The molecule has 0 radical (unpaired) electrons. The first-order valence-electron chi connectivity index (χ1n) is 15.7. The fourth-order valence-corrected chi connectivity index (χ4v) is 5.72. The van der Waals surface area contributed by atoms with Crippen LogP contribution in [-0.4, -0.2) is 108 Å². The van der Waals surface area contributed by atoms with Crippen LogP contribution >= 0.6 is 0 Å². The SMILES string of the molecule is CCC(C)C1NC(=O)C2CC(C)CN2C(=O)C(C(C)CC)OC(=O)CCNC(=O)C(C)N(C)C(=O)C(C(C)C)N(C)C1=O. The summed E-state index contributed by atoms with van der Waals surface area (Å²) < 4.78 is 5.67. The number of nitrogens with zero attached hydrogens (tertiary/aromatic N) is 3. The standard InChI is InChI=1S/C31H53N5O7/c1-11-19(6)24-29(40)35(10)25(17(3)4)30(41)34(9)21(8)27(38)32-14-13-23(37)43-26(20(7)12-2)31(42)36-16-18(5)15-22(36)28(39)33-24/h17-22,24-26H,11-16H2,1-10H3,(H,32,38)(H,33,39). The summed E-state index contributed by atoms with van der Waals surface area (Å²) in [6, 6.07) is -3.56. The molecule has 2 aliphatic rings. The molecule has 0 bridgehead atoms. The van der Waals surface area contributed by atoms with Crippen molar-refractivity contribution in [3.8, 4) is 0 Å². The summed E-state index contributed by atoms with van der Waals surface area (Å²) in [4.78, 5) is 85.3. The number of amides is 5. The van der Waals surface area contributed by atoms with Gasteiger partial charge in [0.15, 0.2) is 6.10 Å². The third-order valence-corrected chi connectivity index (χ3v) is 9.12. The molecule has 2 saturated heterocycles. The van der Waals surface area contributed by atoms with Crippen LogP contribution in [0.4, 0.5) is 0 Å².